The number of halogens is 1. The minimum Gasteiger partial charge on any atom is -0.497 e. The molecule has 0 bridgehead atoms. The van der Waals surface area contributed by atoms with Crippen LogP contribution >= 0.6 is 15.9 Å². The molecule has 0 fully saturated rings. The number of hydrogen-bond acceptors (Lipinski definition) is 3. The van der Waals surface area contributed by atoms with E-state index in [0.29, 0.717) is 11.8 Å². The van der Waals surface area contributed by atoms with Gasteiger partial charge in [0.15, 0.2) is 0 Å². The highest BCUT2D eigenvalue weighted by Crippen LogP contribution is 2.24. The largest absolute Gasteiger partial charge is 0.497 e. The lowest BCUT2D eigenvalue weighted by Crippen LogP contribution is -1.87. The average Bonchev–Trinajstić information content (AvgIpc) is 2.47. The van der Waals surface area contributed by atoms with Crippen molar-refractivity contribution < 1.29 is 4.74 Å². The summed E-state index contributed by atoms with van der Waals surface area (Å²) in [5, 5.41) is 19.0. The fourth-order valence-electron chi connectivity index (χ4n) is 1.68. The van der Waals surface area contributed by atoms with Crippen molar-refractivity contribution in [3.63, 3.8) is 0 Å². The summed E-state index contributed by atoms with van der Waals surface area (Å²) in [5.74, 6) is 0.827. The summed E-state index contributed by atoms with van der Waals surface area (Å²) < 4.78 is 5.17. The van der Waals surface area contributed by atoms with Crippen molar-refractivity contribution in [1.29, 1.82) is 10.5 Å². The van der Waals surface area contributed by atoms with Gasteiger partial charge in [0.05, 0.1) is 31.0 Å². The zero-order valence-corrected chi connectivity index (χ0v) is 12.1. The van der Waals surface area contributed by atoms with Crippen molar-refractivity contribution >= 4 is 26.7 Å². The van der Waals surface area contributed by atoms with E-state index in [9.17, 15) is 0 Å². The summed E-state index contributed by atoms with van der Waals surface area (Å²) in [7, 11) is 1.65. The summed E-state index contributed by atoms with van der Waals surface area (Å²) in [6, 6.07) is 15.9. The molecule has 0 aromatic heterocycles. The number of fused-ring (bicyclic) bond motifs is 1. The van der Waals surface area contributed by atoms with Crippen molar-refractivity contribution in [2.45, 2.75) is 6.42 Å². The summed E-state index contributed by atoms with van der Waals surface area (Å²) >= 11 is 2.89. The van der Waals surface area contributed by atoms with Crippen LogP contribution < -0.4 is 4.74 Å². The van der Waals surface area contributed by atoms with E-state index in [4.69, 9.17) is 15.3 Å². The quantitative estimate of drug-likeness (QED) is 0.791. The number of alkyl halides is 1. The molecule has 3 nitrogen and oxygen atoms in total. The van der Waals surface area contributed by atoms with Gasteiger partial charge in [-0.15, -0.1) is 0 Å². The number of nitriles is 2. The Labute approximate surface area is 121 Å². The highest BCUT2D eigenvalue weighted by atomic mass is 79.9. The zero-order chi connectivity index (χ0) is 14.1. The molecule has 0 radical (unpaired) electrons. The van der Waals surface area contributed by atoms with Crippen LogP contribution in [0, 0.1) is 22.7 Å². The molecule has 0 N–H and O–H groups in total. The Balaban J connectivity index is 0.000000399. The SMILES string of the molecule is COc1ccc2cccc(CC#N)c2c1.N#CCBr. The van der Waals surface area contributed by atoms with Gasteiger partial charge in [-0.2, -0.15) is 10.5 Å². The second-order valence-corrected chi connectivity index (χ2v) is 4.19. The molecule has 2 aromatic rings. The third-order valence-corrected chi connectivity index (χ3v) is 2.76. The minimum atomic E-state index is 0.435. The first-order valence-corrected chi connectivity index (χ1v) is 6.74. The van der Waals surface area contributed by atoms with Crippen LogP contribution in [0.15, 0.2) is 36.4 Å². The van der Waals surface area contributed by atoms with Gasteiger partial charge in [0.2, 0.25) is 0 Å². The summed E-state index contributed by atoms with van der Waals surface area (Å²) in [4.78, 5) is 0. The maximum absolute atomic E-state index is 8.72. The van der Waals surface area contributed by atoms with Gasteiger partial charge in [-0.3, -0.25) is 0 Å². The number of methoxy groups -OCH3 is 1. The van der Waals surface area contributed by atoms with Crippen molar-refractivity contribution in [3.8, 4) is 17.9 Å². The topological polar surface area (TPSA) is 56.8 Å². The number of nitrogens with zero attached hydrogens (tertiary/aromatic N) is 2. The van der Waals surface area contributed by atoms with Gasteiger partial charge in [-0.25, -0.2) is 0 Å². The number of rotatable bonds is 2. The molecular formula is C15H13BrN2O. The van der Waals surface area contributed by atoms with E-state index in [1.165, 1.54) is 0 Å². The predicted octanol–water partition coefficient (Wildman–Crippen LogP) is 3.82. The average molecular weight is 317 g/mol. The van der Waals surface area contributed by atoms with Crippen LogP contribution in [0.2, 0.25) is 0 Å². The van der Waals surface area contributed by atoms with E-state index >= 15 is 0 Å². The smallest absolute Gasteiger partial charge is 0.119 e. The Morgan fingerprint density at radius 1 is 1.16 bits per heavy atom. The molecule has 0 aliphatic carbocycles. The summed E-state index contributed by atoms with van der Waals surface area (Å²) in [6.45, 7) is 0. The van der Waals surface area contributed by atoms with Gasteiger partial charge >= 0.3 is 0 Å². The van der Waals surface area contributed by atoms with Crippen LogP contribution in [-0.4, -0.2) is 12.4 Å². The van der Waals surface area contributed by atoms with E-state index in [1.54, 1.807) is 7.11 Å². The van der Waals surface area contributed by atoms with Crippen molar-refractivity contribution in [2.75, 3.05) is 12.4 Å². The first-order valence-electron chi connectivity index (χ1n) is 5.62. The molecule has 0 saturated heterocycles. The molecule has 4 heteroatoms. The van der Waals surface area contributed by atoms with Crippen LogP contribution in [0.1, 0.15) is 5.56 Å². The van der Waals surface area contributed by atoms with Gasteiger partial charge in [0.25, 0.3) is 0 Å². The third-order valence-electron chi connectivity index (χ3n) is 2.51. The van der Waals surface area contributed by atoms with Gasteiger partial charge in [-0.05, 0) is 28.5 Å². The lowest BCUT2D eigenvalue weighted by molar-refractivity contribution is 0.415. The molecule has 2 aromatic carbocycles. The molecule has 0 spiro atoms. The molecule has 0 heterocycles. The first-order chi connectivity index (χ1) is 9.26. The van der Waals surface area contributed by atoms with Crippen LogP contribution in [0.25, 0.3) is 10.8 Å². The van der Waals surface area contributed by atoms with Crippen LogP contribution in [0.4, 0.5) is 0 Å². The minimum absolute atomic E-state index is 0.435. The van der Waals surface area contributed by atoms with Crippen LogP contribution in [0.3, 0.4) is 0 Å². The zero-order valence-electron chi connectivity index (χ0n) is 10.6. The molecule has 96 valence electrons. The molecule has 0 atom stereocenters. The van der Waals surface area contributed by atoms with E-state index in [1.807, 2.05) is 42.5 Å². The van der Waals surface area contributed by atoms with Gasteiger partial charge in [0.1, 0.15) is 5.75 Å². The number of benzene rings is 2. The Morgan fingerprint density at radius 2 is 1.89 bits per heavy atom. The van der Waals surface area contributed by atoms with Crippen LogP contribution in [-0.2, 0) is 6.42 Å². The van der Waals surface area contributed by atoms with E-state index < -0.39 is 0 Å². The monoisotopic (exact) mass is 316 g/mol. The Bertz CT molecular complexity index is 626. The molecule has 0 aliphatic heterocycles. The van der Waals surface area contributed by atoms with Crippen molar-refractivity contribution in [1.82, 2.24) is 0 Å². The number of ether oxygens (including phenoxy) is 1. The fraction of sp³-hybridized carbons (Fsp3) is 0.200. The summed E-state index contributed by atoms with van der Waals surface area (Å²) in [6.07, 6.45) is 0.435. The molecule has 0 saturated carbocycles. The van der Waals surface area contributed by atoms with Crippen molar-refractivity contribution in [2.24, 2.45) is 0 Å². The second kappa shape index (κ2) is 8.13. The lowest BCUT2D eigenvalue weighted by Gasteiger charge is -2.05. The van der Waals surface area contributed by atoms with Gasteiger partial charge < -0.3 is 4.74 Å². The Kier molecular flexibility index (Phi) is 6.43. The van der Waals surface area contributed by atoms with Crippen molar-refractivity contribution in [3.05, 3.63) is 42.0 Å². The van der Waals surface area contributed by atoms with E-state index in [2.05, 4.69) is 22.0 Å². The summed E-state index contributed by atoms with van der Waals surface area (Å²) in [5.41, 5.74) is 1.05. The van der Waals surface area contributed by atoms with E-state index in [0.717, 1.165) is 22.1 Å². The maximum atomic E-state index is 8.72. The molecule has 0 unspecified atom stereocenters. The lowest BCUT2D eigenvalue weighted by atomic mass is 10.0. The van der Waals surface area contributed by atoms with Gasteiger partial charge in [0, 0.05) is 0 Å². The Morgan fingerprint density at radius 3 is 2.47 bits per heavy atom. The Hall–Kier alpha value is -2.04. The molecular weight excluding hydrogens is 304 g/mol. The highest BCUT2D eigenvalue weighted by Gasteiger charge is 2.01. The standard InChI is InChI=1S/C13H11NO.C2H2BrN/c1-15-12-6-5-10-3-2-4-11(7-8-14)13(10)9-12;3-1-2-4/h2-6,9H,7H2,1H3;1H2. The molecule has 0 amide bonds. The highest BCUT2D eigenvalue weighted by molar-refractivity contribution is 9.09. The first kappa shape index (κ1) is 15.0. The van der Waals surface area contributed by atoms with E-state index in [-0.39, 0.29) is 0 Å². The fourth-order valence-corrected chi connectivity index (χ4v) is 1.68. The predicted molar refractivity (Wildman–Crippen MR) is 79.2 cm³/mol. The molecule has 2 rings (SSSR count). The third kappa shape index (κ3) is 4.28. The molecule has 0 aliphatic rings. The molecule has 19 heavy (non-hydrogen) atoms. The number of hydrogen-bond donors (Lipinski definition) is 0. The van der Waals surface area contributed by atoms with Gasteiger partial charge in [-0.1, -0.05) is 40.2 Å². The normalized spacial score (nSPS) is 8.84. The van der Waals surface area contributed by atoms with Crippen LogP contribution in [0.5, 0.6) is 5.75 Å². The maximum Gasteiger partial charge on any atom is 0.119 e. The second-order valence-electron chi connectivity index (χ2n) is 3.63.